The standard InChI is InChI=1S/C13H13FN2O5/c14-9-3-2-8(6-10(9)16(20)21)12(19)15-13(4-1-5-13)7-11(17)18/h2-3,6H,1,4-5,7H2,(H,15,19)(H,17,18). The van der Waals surface area contributed by atoms with Crippen LogP contribution in [0.1, 0.15) is 36.0 Å². The van der Waals surface area contributed by atoms with Gasteiger partial charge in [0.25, 0.3) is 5.91 Å². The largest absolute Gasteiger partial charge is 0.481 e. The molecule has 0 heterocycles. The summed E-state index contributed by atoms with van der Waals surface area (Å²) in [4.78, 5) is 32.6. The van der Waals surface area contributed by atoms with Crippen molar-refractivity contribution in [1.29, 1.82) is 0 Å². The fourth-order valence-electron chi connectivity index (χ4n) is 2.35. The highest BCUT2D eigenvalue weighted by Crippen LogP contribution is 2.35. The number of carbonyl (C=O) groups is 2. The Hall–Kier alpha value is -2.51. The Morgan fingerprint density at radius 2 is 2.10 bits per heavy atom. The van der Waals surface area contributed by atoms with E-state index in [0.717, 1.165) is 24.6 Å². The second-order valence-electron chi connectivity index (χ2n) is 5.08. The Balaban J connectivity index is 2.18. The number of halogens is 1. The summed E-state index contributed by atoms with van der Waals surface area (Å²) < 4.78 is 13.2. The number of nitro benzene ring substituents is 1. The van der Waals surface area contributed by atoms with Crippen molar-refractivity contribution in [3.05, 3.63) is 39.7 Å². The predicted molar refractivity (Wildman–Crippen MR) is 69.4 cm³/mol. The molecule has 1 amide bonds. The number of nitrogens with one attached hydrogen (secondary N) is 1. The number of carboxylic acids is 1. The number of carboxylic acid groups (broad SMARTS) is 1. The van der Waals surface area contributed by atoms with E-state index in [1.807, 2.05) is 0 Å². The monoisotopic (exact) mass is 296 g/mol. The molecule has 8 heteroatoms. The molecule has 0 radical (unpaired) electrons. The maximum Gasteiger partial charge on any atom is 0.305 e. The Morgan fingerprint density at radius 3 is 2.57 bits per heavy atom. The molecule has 2 N–H and O–H groups in total. The van der Waals surface area contributed by atoms with Crippen molar-refractivity contribution in [2.45, 2.75) is 31.2 Å². The average molecular weight is 296 g/mol. The number of nitrogens with zero attached hydrogens (tertiary/aromatic N) is 1. The minimum atomic E-state index is -1.03. The lowest BCUT2D eigenvalue weighted by molar-refractivity contribution is -0.387. The van der Waals surface area contributed by atoms with Crippen LogP contribution >= 0.6 is 0 Å². The van der Waals surface area contributed by atoms with Crippen LogP contribution in [0.25, 0.3) is 0 Å². The molecule has 21 heavy (non-hydrogen) atoms. The molecule has 1 saturated carbocycles. The van der Waals surface area contributed by atoms with Gasteiger partial charge >= 0.3 is 11.7 Å². The molecule has 112 valence electrons. The quantitative estimate of drug-likeness (QED) is 0.636. The molecule has 0 atom stereocenters. The van der Waals surface area contributed by atoms with E-state index < -0.39 is 33.8 Å². The predicted octanol–water partition coefficient (Wildman–Crippen LogP) is 1.86. The fourth-order valence-corrected chi connectivity index (χ4v) is 2.35. The summed E-state index contributed by atoms with van der Waals surface area (Å²) in [6.45, 7) is 0. The van der Waals surface area contributed by atoms with Gasteiger partial charge in [-0.25, -0.2) is 0 Å². The number of amides is 1. The van der Waals surface area contributed by atoms with Crippen molar-refractivity contribution in [3.8, 4) is 0 Å². The number of carbonyl (C=O) groups excluding carboxylic acids is 1. The van der Waals surface area contributed by atoms with Crippen LogP contribution in [0.4, 0.5) is 10.1 Å². The van der Waals surface area contributed by atoms with E-state index in [1.54, 1.807) is 0 Å². The third-order valence-electron chi connectivity index (χ3n) is 3.58. The zero-order valence-electron chi connectivity index (χ0n) is 11.0. The maximum atomic E-state index is 13.2. The van der Waals surface area contributed by atoms with Gasteiger partial charge in [-0.2, -0.15) is 4.39 Å². The molecule has 0 saturated heterocycles. The van der Waals surface area contributed by atoms with E-state index in [4.69, 9.17) is 5.11 Å². The van der Waals surface area contributed by atoms with Crippen LogP contribution in [-0.2, 0) is 4.79 Å². The molecule has 7 nitrogen and oxygen atoms in total. The normalized spacial score (nSPS) is 15.9. The van der Waals surface area contributed by atoms with Crippen molar-refractivity contribution < 1.29 is 24.0 Å². The van der Waals surface area contributed by atoms with E-state index in [2.05, 4.69) is 5.32 Å². The van der Waals surface area contributed by atoms with Crippen LogP contribution in [0.5, 0.6) is 0 Å². The van der Waals surface area contributed by atoms with Gasteiger partial charge in [0.05, 0.1) is 16.9 Å². The van der Waals surface area contributed by atoms with Crippen molar-refractivity contribution in [2.75, 3.05) is 0 Å². The van der Waals surface area contributed by atoms with Gasteiger partial charge in [0.1, 0.15) is 0 Å². The minimum Gasteiger partial charge on any atom is -0.481 e. The van der Waals surface area contributed by atoms with Gasteiger partial charge in [-0.15, -0.1) is 0 Å². The molecule has 0 unspecified atom stereocenters. The lowest BCUT2D eigenvalue weighted by atomic mass is 9.74. The van der Waals surface area contributed by atoms with E-state index >= 15 is 0 Å². The molecule has 1 aliphatic carbocycles. The van der Waals surface area contributed by atoms with Crippen molar-refractivity contribution in [3.63, 3.8) is 0 Å². The topological polar surface area (TPSA) is 110 Å². The summed E-state index contributed by atoms with van der Waals surface area (Å²) in [5.74, 6) is -2.69. The van der Waals surface area contributed by atoms with E-state index in [0.29, 0.717) is 12.8 Å². The van der Waals surface area contributed by atoms with Crippen LogP contribution in [-0.4, -0.2) is 27.4 Å². The first kappa shape index (κ1) is 14.9. The van der Waals surface area contributed by atoms with Gasteiger partial charge in [-0.3, -0.25) is 19.7 Å². The molecule has 1 aliphatic rings. The van der Waals surface area contributed by atoms with E-state index in [9.17, 15) is 24.1 Å². The number of aliphatic carboxylic acids is 1. The summed E-state index contributed by atoms with van der Waals surface area (Å²) in [5, 5.41) is 22.1. The molecule has 1 aromatic rings. The highest BCUT2D eigenvalue weighted by atomic mass is 19.1. The van der Waals surface area contributed by atoms with Gasteiger partial charge in [-0.1, -0.05) is 0 Å². The Morgan fingerprint density at radius 1 is 1.43 bits per heavy atom. The molecule has 1 aromatic carbocycles. The van der Waals surface area contributed by atoms with Crippen molar-refractivity contribution in [2.24, 2.45) is 0 Å². The first-order valence-electron chi connectivity index (χ1n) is 6.31. The zero-order chi connectivity index (χ0) is 15.6. The third kappa shape index (κ3) is 3.15. The lowest BCUT2D eigenvalue weighted by Gasteiger charge is -2.41. The molecular formula is C13H13FN2O5. The van der Waals surface area contributed by atoms with Gasteiger partial charge < -0.3 is 10.4 Å². The number of hydrogen-bond donors (Lipinski definition) is 2. The zero-order valence-corrected chi connectivity index (χ0v) is 11.0. The van der Waals surface area contributed by atoms with Crippen molar-refractivity contribution in [1.82, 2.24) is 5.32 Å². The van der Waals surface area contributed by atoms with Gasteiger partial charge in [0.15, 0.2) is 0 Å². The summed E-state index contributed by atoms with van der Waals surface area (Å²) >= 11 is 0. The van der Waals surface area contributed by atoms with E-state index in [1.165, 1.54) is 0 Å². The molecule has 1 fully saturated rings. The Labute approximate surface area is 118 Å². The first-order chi connectivity index (χ1) is 9.83. The Kier molecular flexibility index (Phi) is 3.88. The second kappa shape index (κ2) is 5.47. The van der Waals surface area contributed by atoms with Gasteiger partial charge in [0.2, 0.25) is 5.82 Å². The molecule has 0 aliphatic heterocycles. The maximum absolute atomic E-state index is 13.2. The highest BCUT2D eigenvalue weighted by Gasteiger charge is 2.40. The molecule has 0 spiro atoms. The van der Waals surface area contributed by atoms with Crippen LogP contribution in [0, 0.1) is 15.9 Å². The van der Waals surface area contributed by atoms with Crippen LogP contribution in [0.3, 0.4) is 0 Å². The SMILES string of the molecule is O=C(O)CC1(NC(=O)c2ccc(F)c([N+](=O)[O-])c2)CCC1. The molecule has 0 aromatic heterocycles. The summed E-state index contributed by atoms with van der Waals surface area (Å²) in [5.41, 5.74) is -1.67. The molecular weight excluding hydrogens is 283 g/mol. The number of rotatable bonds is 5. The minimum absolute atomic E-state index is 0.0697. The van der Waals surface area contributed by atoms with Crippen LogP contribution in [0.15, 0.2) is 18.2 Å². The second-order valence-corrected chi connectivity index (χ2v) is 5.08. The van der Waals surface area contributed by atoms with Crippen LogP contribution in [0.2, 0.25) is 0 Å². The summed E-state index contributed by atoms with van der Waals surface area (Å²) in [6.07, 6.45) is 1.67. The third-order valence-corrected chi connectivity index (χ3v) is 3.58. The lowest BCUT2D eigenvalue weighted by Crippen LogP contribution is -2.54. The van der Waals surface area contributed by atoms with E-state index in [-0.39, 0.29) is 12.0 Å². The van der Waals surface area contributed by atoms with Crippen molar-refractivity contribution >= 4 is 17.6 Å². The highest BCUT2D eigenvalue weighted by molar-refractivity contribution is 5.95. The fraction of sp³-hybridized carbons (Fsp3) is 0.385. The number of benzene rings is 1. The molecule has 2 rings (SSSR count). The summed E-state index contributed by atoms with van der Waals surface area (Å²) in [6, 6.07) is 2.82. The first-order valence-corrected chi connectivity index (χ1v) is 6.31. The smallest absolute Gasteiger partial charge is 0.305 e. The average Bonchev–Trinajstić information content (AvgIpc) is 2.35. The van der Waals surface area contributed by atoms with Gasteiger partial charge in [0, 0.05) is 11.6 Å². The Bertz CT molecular complexity index is 613. The number of hydrogen-bond acceptors (Lipinski definition) is 4. The number of nitro groups is 1. The summed E-state index contributed by atoms with van der Waals surface area (Å²) in [7, 11) is 0. The van der Waals surface area contributed by atoms with Gasteiger partial charge in [-0.05, 0) is 31.4 Å². The molecule has 0 bridgehead atoms. The van der Waals surface area contributed by atoms with Crippen LogP contribution < -0.4 is 5.32 Å².